The number of rotatable bonds is 4. The average Bonchev–Trinajstić information content (AvgIpc) is 3.03. The van der Waals surface area contributed by atoms with E-state index in [0.29, 0.717) is 31.9 Å². The number of carbonyl (C=O) groups is 2. The van der Waals surface area contributed by atoms with Crippen LogP contribution >= 0.6 is 11.3 Å². The minimum Gasteiger partial charge on any atom is -0.462 e. The third kappa shape index (κ3) is 3.75. The summed E-state index contributed by atoms with van der Waals surface area (Å²) in [6.45, 7) is 1.88. The van der Waals surface area contributed by atoms with Gasteiger partial charge in [-0.15, -0.1) is 11.3 Å². The van der Waals surface area contributed by atoms with Crippen molar-refractivity contribution in [1.82, 2.24) is 4.98 Å². The van der Waals surface area contributed by atoms with Crippen LogP contribution in [-0.4, -0.2) is 37.6 Å². The molecule has 1 aliphatic heterocycles. The molecular weight excluding hydrogens is 412 g/mol. The second-order valence-corrected chi connectivity index (χ2v) is 9.89. The van der Waals surface area contributed by atoms with Gasteiger partial charge in [0.15, 0.2) is 9.84 Å². The van der Waals surface area contributed by atoms with Crippen LogP contribution in [0.2, 0.25) is 0 Å². The van der Waals surface area contributed by atoms with Crippen molar-refractivity contribution in [3.63, 3.8) is 0 Å². The van der Waals surface area contributed by atoms with E-state index in [0.717, 1.165) is 11.3 Å². The maximum Gasteiger partial charge on any atom is 0.341 e. The molecule has 1 aliphatic rings. The zero-order valence-corrected chi connectivity index (χ0v) is 17.2. The van der Waals surface area contributed by atoms with Gasteiger partial charge in [-0.3, -0.25) is 9.78 Å². The molecule has 4 rings (SSSR count). The van der Waals surface area contributed by atoms with Crippen LogP contribution in [0.15, 0.2) is 36.5 Å². The van der Waals surface area contributed by atoms with Gasteiger partial charge in [0.05, 0.1) is 29.2 Å². The number of aromatic nitrogens is 1. The highest BCUT2D eigenvalue weighted by Gasteiger charge is 2.32. The molecule has 1 amide bonds. The van der Waals surface area contributed by atoms with Crippen LogP contribution < -0.4 is 5.32 Å². The lowest BCUT2D eigenvalue weighted by atomic mass is 10.1. The second kappa shape index (κ2) is 7.57. The van der Waals surface area contributed by atoms with E-state index in [2.05, 4.69) is 10.3 Å². The largest absolute Gasteiger partial charge is 0.462 e. The van der Waals surface area contributed by atoms with E-state index in [4.69, 9.17) is 4.74 Å². The number of anilines is 1. The Morgan fingerprint density at radius 1 is 1.24 bits per heavy atom. The Labute approximate surface area is 171 Å². The van der Waals surface area contributed by atoms with Gasteiger partial charge in [-0.1, -0.05) is 12.1 Å². The maximum absolute atomic E-state index is 13.0. The summed E-state index contributed by atoms with van der Waals surface area (Å²) in [4.78, 5) is 30.4. The molecule has 3 aromatic rings. The minimum atomic E-state index is -3.21. The average molecular weight is 431 g/mol. The van der Waals surface area contributed by atoms with E-state index >= 15 is 0 Å². The third-order valence-corrected chi connectivity index (χ3v) is 7.59. The molecule has 0 radical (unpaired) electrons. The lowest BCUT2D eigenvalue weighted by Gasteiger charge is -2.13. The summed E-state index contributed by atoms with van der Waals surface area (Å²) in [6, 6.07) is 8.78. The van der Waals surface area contributed by atoms with Crippen LogP contribution in [0.1, 0.15) is 38.1 Å². The molecule has 150 valence electrons. The smallest absolute Gasteiger partial charge is 0.341 e. The highest BCUT2D eigenvalue weighted by molar-refractivity contribution is 7.90. The fraction of sp³-hybridized carbons (Fsp3) is 0.250. The normalized spacial score (nSPS) is 14.9. The molecule has 3 heterocycles. The van der Waals surface area contributed by atoms with Crippen LogP contribution in [0.4, 0.5) is 5.00 Å². The summed E-state index contributed by atoms with van der Waals surface area (Å²) in [7, 11) is -3.21. The van der Waals surface area contributed by atoms with E-state index in [-0.39, 0.29) is 30.1 Å². The van der Waals surface area contributed by atoms with Crippen molar-refractivity contribution in [3.05, 3.63) is 58.1 Å². The number of thiophene rings is 1. The SMILES string of the molecule is CCOC(=O)c1c(NC(=O)c2cccc3ncccc23)sc2c1CCS(=O)(=O)C2. The first-order chi connectivity index (χ1) is 13.9. The Bertz CT molecular complexity index is 1230. The first-order valence-electron chi connectivity index (χ1n) is 9.07. The van der Waals surface area contributed by atoms with Crippen molar-refractivity contribution in [2.75, 3.05) is 17.7 Å². The van der Waals surface area contributed by atoms with Gasteiger partial charge in [0.1, 0.15) is 5.00 Å². The van der Waals surface area contributed by atoms with Gasteiger partial charge in [0.2, 0.25) is 0 Å². The molecule has 2 aromatic heterocycles. The Balaban J connectivity index is 1.75. The van der Waals surface area contributed by atoms with Crippen LogP contribution in [0.25, 0.3) is 10.9 Å². The number of sulfone groups is 1. The molecule has 0 fully saturated rings. The number of nitrogens with one attached hydrogen (secondary N) is 1. The molecule has 7 nitrogen and oxygen atoms in total. The van der Waals surface area contributed by atoms with Gasteiger partial charge in [-0.2, -0.15) is 0 Å². The summed E-state index contributed by atoms with van der Waals surface area (Å²) in [6.07, 6.45) is 1.88. The molecular formula is C20H18N2O5S2. The number of nitrogens with zero attached hydrogens (tertiary/aromatic N) is 1. The number of ether oxygens (including phenoxy) is 1. The fourth-order valence-corrected chi connectivity index (χ4v) is 6.44. The van der Waals surface area contributed by atoms with E-state index in [1.807, 2.05) is 6.07 Å². The second-order valence-electron chi connectivity index (χ2n) is 6.60. The van der Waals surface area contributed by atoms with Gasteiger partial charge < -0.3 is 10.1 Å². The number of hydrogen-bond acceptors (Lipinski definition) is 7. The van der Waals surface area contributed by atoms with Gasteiger partial charge in [-0.05, 0) is 37.1 Å². The highest BCUT2D eigenvalue weighted by Crippen LogP contribution is 2.38. The quantitative estimate of drug-likeness (QED) is 0.638. The van der Waals surface area contributed by atoms with Crippen LogP contribution in [0.3, 0.4) is 0 Å². The summed E-state index contributed by atoms with van der Waals surface area (Å²) >= 11 is 1.12. The van der Waals surface area contributed by atoms with Gasteiger partial charge in [0.25, 0.3) is 5.91 Å². The summed E-state index contributed by atoms with van der Waals surface area (Å²) in [5, 5.41) is 3.80. The molecule has 9 heteroatoms. The molecule has 0 aliphatic carbocycles. The highest BCUT2D eigenvalue weighted by atomic mass is 32.2. The van der Waals surface area contributed by atoms with E-state index in [9.17, 15) is 18.0 Å². The predicted octanol–water partition coefficient (Wildman–Crippen LogP) is 3.20. The summed E-state index contributed by atoms with van der Waals surface area (Å²) in [5.41, 5.74) is 2.01. The van der Waals surface area contributed by atoms with Crippen molar-refractivity contribution in [1.29, 1.82) is 0 Å². The number of hydrogen-bond donors (Lipinski definition) is 1. The van der Waals surface area contributed by atoms with E-state index < -0.39 is 21.7 Å². The number of amides is 1. The standard InChI is InChI=1S/C20H18N2O5S2/c1-2-27-20(24)17-14-8-10-29(25,26)11-16(14)28-19(17)22-18(23)13-5-3-7-15-12(13)6-4-9-21-15/h3-7,9H,2,8,10-11H2,1H3,(H,22,23). The Hall–Kier alpha value is -2.78. The van der Waals surface area contributed by atoms with Crippen LogP contribution in [0.5, 0.6) is 0 Å². The molecule has 0 unspecified atom stereocenters. The number of carbonyl (C=O) groups excluding carboxylic acids is 2. The minimum absolute atomic E-state index is 0.0223. The molecule has 1 aromatic carbocycles. The Kier molecular flexibility index (Phi) is 5.10. The van der Waals surface area contributed by atoms with Crippen molar-refractivity contribution in [3.8, 4) is 0 Å². The fourth-order valence-electron chi connectivity index (χ4n) is 3.40. The first-order valence-corrected chi connectivity index (χ1v) is 11.7. The van der Waals surface area contributed by atoms with Crippen molar-refractivity contribution in [2.45, 2.75) is 19.1 Å². The zero-order chi connectivity index (χ0) is 20.6. The Morgan fingerprint density at radius 2 is 2.07 bits per heavy atom. The third-order valence-electron chi connectivity index (χ3n) is 4.70. The van der Waals surface area contributed by atoms with Gasteiger partial charge >= 0.3 is 5.97 Å². The van der Waals surface area contributed by atoms with Crippen molar-refractivity contribution < 1.29 is 22.7 Å². The molecule has 0 atom stereocenters. The molecule has 29 heavy (non-hydrogen) atoms. The molecule has 0 bridgehead atoms. The zero-order valence-electron chi connectivity index (χ0n) is 15.6. The molecule has 0 spiro atoms. The van der Waals surface area contributed by atoms with Gasteiger partial charge in [0, 0.05) is 22.0 Å². The molecule has 1 N–H and O–H groups in total. The van der Waals surface area contributed by atoms with E-state index in [1.54, 1.807) is 37.4 Å². The predicted molar refractivity (Wildman–Crippen MR) is 111 cm³/mol. The number of fused-ring (bicyclic) bond motifs is 2. The lowest BCUT2D eigenvalue weighted by molar-refractivity contribution is 0.0527. The first kappa shape index (κ1) is 19.5. The summed E-state index contributed by atoms with van der Waals surface area (Å²) in [5.74, 6) is -1.10. The number of esters is 1. The number of benzene rings is 1. The van der Waals surface area contributed by atoms with Crippen LogP contribution in [-0.2, 0) is 26.7 Å². The Morgan fingerprint density at radius 3 is 2.86 bits per heavy atom. The van der Waals surface area contributed by atoms with Crippen LogP contribution in [0, 0.1) is 0 Å². The van der Waals surface area contributed by atoms with Gasteiger partial charge in [-0.25, -0.2) is 13.2 Å². The topological polar surface area (TPSA) is 102 Å². The van der Waals surface area contributed by atoms with Crippen molar-refractivity contribution >= 4 is 49.0 Å². The summed E-state index contributed by atoms with van der Waals surface area (Å²) < 4.78 is 29.2. The van der Waals surface area contributed by atoms with E-state index in [1.165, 1.54) is 0 Å². The molecule has 0 saturated carbocycles. The number of pyridine rings is 1. The lowest BCUT2D eigenvalue weighted by Crippen LogP contribution is -2.20. The monoisotopic (exact) mass is 430 g/mol. The van der Waals surface area contributed by atoms with Crippen molar-refractivity contribution in [2.24, 2.45) is 0 Å². The maximum atomic E-state index is 13.0. The molecule has 0 saturated heterocycles.